The van der Waals surface area contributed by atoms with Crippen molar-refractivity contribution in [3.8, 4) is 6.07 Å². The number of hydrogen-bond donors (Lipinski definition) is 2. The maximum Gasteiger partial charge on any atom is 0.234 e. The molecule has 4 atom stereocenters. The summed E-state index contributed by atoms with van der Waals surface area (Å²) in [4.78, 5) is 17.4. The number of primary amides is 1. The van der Waals surface area contributed by atoms with E-state index in [2.05, 4.69) is 46.9 Å². The van der Waals surface area contributed by atoms with E-state index in [0.29, 0.717) is 18.4 Å². The number of aromatic amines is 1. The fourth-order valence-corrected chi connectivity index (χ4v) is 5.01. The summed E-state index contributed by atoms with van der Waals surface area (Å²) in [7, 11) is 0. The van der Waals surface area contributed by atoms with Crippen LogP contribution in [0.5, 0.6) is 0 Å². The molecule has 2 aromatic rings. The molecular formula is C21H24N4O. The third kappa shape index (κ3) is 2.71. The second-order valence-electron chi connectivity index (χ2n) is 7.63. The predicted molar refractivity (Wildman–Crippen MR) is 101 cm³/mol. The maximum atomic E-state index is 11.5. The lowest BCUT2D eigenvalue weighted by Crippen LogP contribution is -2.50. The molecule has 1 aliphatic heterocycles. The zero-order chi connectivity index (χ0) is 18.3. The number of hydrogen-bond acceptors (Lipinski definition) is 3. The van der Waals surface area contributed by atoms with Gasteiger partial charge in [0.05, 0.1) is 6.07 Å². The molecule has 5 nitrogen and oxygen atoms in total. The van der Waals surface area contributed by atoms with E-state index >= 15 is 0 Å². The highest BCUT2D eigenvalue weighted by Crippen LogP contribution is 2.45. The first-order valence-electron chi connectivity index (χ1n) is 9.25. The van der Waals surface area contributed by atoms with Crippen LogP contribution >= 0.6 is 0 Å². The van der Waals surface area contributed by atoms with Gasteiger partial charge in [-0.1, -0.05) is 18.2 Å². The summed E-state index contributed by atoms with van der Waals surface area (Å²) in [5.74, 6) is -0.523. The summed E-state index contributed by atoms with van der Waals surface area (Å²) in [6.45, 7) is 5.63. The van der Waals surface area contributed by atoms with E-state index in [1.165, 1.54) is 22.0 Å². The number of amides is 1. The summed E-state index contributed by atoms with van der Waals surface area (Å²) in [6.07, 6.45) is 6.65. The van der Waals surface area contributed by atoms with Gasteiger partial charge in [0.25, 0.3) is 0 Å². The second-order valence-corrected chi connectivity index (χ2v) is 7.63. The number of H-pyrrole nitrogens is 1. The highest BCUT2D eigenvalue weighted by Gasteiger charge is 2.41. The van der Waals surface area contributed by atoms with E-state index in [0.717, 1.165) is 25.9 Å². The zero-order valence-corrected chi connectivity index (χ0v) is 14.8. The van der Waals surface area contributed by atoms with Gasteiger partial charge >= 0.3 is 0 Å². The third-order valence-electron chi connectivity index (χ3n) is 6.09. The largest absolute Gasteiger partial charge is 0.369 e. The summed E-state index contributed by atoms with van der Waals surface area (Å²) in [5.41, 5.74) is 9.38. The van der Waals surface area contributed by atoms with Crippen molar-refractivity contribution in [1.82, 2.24) is 9.88 Å². The summed E-state index contributed by atoms with van der Waals surface area (Å²) >= 11 is 0. The highest BCUT2D eigenvalue weighted by molar-refractivity contribution is 5.88. The SMILES string of the molecule is C=CCN1CC(CC(C#N)C(N)=O)C[C@@H]2c3cccc4[nH]cc(c34)C[C@H]21. The fourth-order valence-electron chi connectivity index (χ4n) is 5.01. The molecule has 4 rings (SSSR count). The van der Waals surface area contributed by atoms with Crippen LogP contribution in [0.2, 0.25) is 0 Å². The Morgan fingerprint density at radius 3 is 3.12 bits per heavy atom. The first-order valence-corrected chi connectivity index (χ1v) is 9.25. The standard InChI is InChI=1S/C21H24N4O/c1-2-6-25-12-13(7-14(10-22)21(23)26)8-17-16-4-3-5-18-20(16)15(11-24-18)9-19(17)25/h2-5,11,13-14,17,19,24H,1,6-9,12H2,(H2,23,26)/t13?,14?,17-,19-/m1/s1. The molecule has 2 unspecified atom stereocenters. The Kier molecular flexibility index (Phi) is 4.29. The van der Waals surface area contributed by atoms with Gasteiger partial charge in [0.2, 0.25) is 5.91 Å². The molecule has 1 aromatic carbocycles. The highest BCUT2D eigenvalue weighted by atomic mass is 16.1. The van der Waals surface area contributed by atoms with Crippen molar-refractivity contribution in [3.63, 3.8) is 0 Å². The Hall–Kier alpha value is -2.58. The van der Waals surface area contributed by atoms with E-state index in [1.54, 1.807) is 0 Å². The second kappa shape index (κ2) is 6.62. The van der Waals surface area contributed by atoms with Crippen molar-refractivity contribution in [2.45, 2.75) is 31.2 Å². The fraction of sp³-hybridized carbons (Fsp3) is 0.429. The molecule has 1 saturated heterocycles. The quantitative estimate of drug-likeness (QED) is 0.815. The smallest absolute Gasteiger partial charge is 0.234 e. The van der Waals surface area contributed by atoms with Gasteiger partial charge in [0.15, 0.2) is 0 Å². The third-order valence-corrected chi connectivity index (χ3v) is 6.09. The Morgan fingerprint density at radius 1 is 1.54 bits per heavy atom. The van der Waals surface area contributed by atoms with Gasteiger partial charge in [-0.15, -0.1) is 6.58 Å². The van der Waals surface area contributed by atoms with E-state index in [1.807, 2.05) is 6.08 Å². The van der Waals surface area contributed by atoms with Crippen LogP contribution < -0.4 is 5.73 Å². The number of rotatable bonds is 5. The molecule has 0 saturated carbocycles. The van der Waals surface area contributed by atoms with Gasteiger partial charge in [-0.2, -0.15) is 5.26 Å². The molecule has 1 aliphatic carbocycles. The molecule has 1 aromatic heterocycles. The van der Waals surface area contributed by atoms with Gasteiger partial charge in [-0.25, -0.2) is 0 Å². The molecule has 0 bridgehead atoms. The van der Waals surface area contributed by atoms with Gasteiger partial charge in [-0.05, 0) is 42.4 Å². The summed E-state index contributed by atoms with van der Waals surface area (Å²) < 4.78 is 0. The number of carbonyl (C=O) groups excluding carboxylic acids is 1. The Morgan fingerprint density at radius 2 is 2.38 bits per heavy atom. The number of nitrogens with one attached hydrogen (secondary N) is 1. The number of benzene rings is 1. The normalized spacial score (nSPS) is 26.0. The number of piperidine rings is 1. The van der Waals surface area contributed by atoms with Crippen LogP contribution in [0.15, 0.2) is 37.1 Å². The van der Waals surface area contributed by atoms with Crippen molar-refractivity contribution in [2.24, 2.45) is 17.6 Å². The number of nitrogens with zero attached hydrogens (tertiary/aromatic N) is 2. The number of nitrogens with two attached hydrogens (primary N) is 1. The van der Waals surface area contributed by atoms with Crippen LogP contribution in [0.4, 0.5) is 0 Å². The molecule has 2 aliphatic rings. The molecule has 3 N–H and O–H groups in total. The van der Waals surface area contributed by atoms with E-state index in [-0.39, 0.29) is 5.92 Å². The zero-order valence-electron chi connectivity index (χ0n) is 14.8. The van der Waals surface area contributed by atoms with Crippen molar-refractivity contribution >= 4 is 16.8 Å². The van der Waals surface area contributed by atoms with Crippen molar-refractivity contribution in [1.29, 1.82) is 5.26 Å². The lowest BCUT2D eigenvalue weighted by atomic mass is 9.71. The molecule has 5 heteroatoms. The van der Waals surface area contributed by atoms with Crippen molar-refractivity contribution in [2.75, 3.05) is 13.1 Å². The Labute approximate surface area is 153 Å². The van der Waals surface area contributed by atoms with Crippen LogP contribution in [-0.2, 0) is 11.2 Å². The predicted octanol–water partition coefficient (Wildman–Crippen LogP) is 2.70. The minimum absolute atomic E-state index is 0.282. The molecule has 1 amide bonds. The van der Waals surface area contributed by atoms with Gasteiger partial charge in [0, 0.05) is 42.1 Å². The summed E-state index contributed by atoms with van der Waals surface area (Å²) in [6, 6.07) is 9.00. The molecule has 0 spiro atoms. The molecule has 2 heterocycles. The molecule has 0 radical (unpaired) electrons. The average Bonchev–Trinajstić information content (AvgIpc) is 3.05. The topological polar surface area (TPSA) is 85.9 Å². The number of fused-ring (bicyclic) bond motifs is 2. The lowest BCUT2D eigenvalue weighted by Gasteiger charge is -2.47. The van der Waals surface area contributed by atoms with Gasteiger partial charge < -0.3 is 10.7 Å². The van der Waals surface area contributed by atoms with Crippen LogP contribution in [-0.4, -0.2) is 34.9 Å². The summed E-state index contributed by atoms with van der Waals surface area (Å²) in [5, 5.41) is 10.6. The monoisotopic (exact) mass is 348 g/mol. The van der Waals surface area contributed by atoms with Crippen LogP contribution in [0.25, 0.3) is 10.9 Å². The average molecular weight is 348 g/mol. The minimum Gasteiger partial charge on any atom is -0.369 e. The lowest BCUT2D eigenvalue weighted by molar-refractivity contribution is -0.120. The van der Waals surface area contributed by atoms with E-state index in [4.69, 9.17) is 5.73 Å². The van der Waals surface area contributed by atoms with Crippen molar-refractivity contribution < 1.29 is 4.79 Å². The number of likely N-dealkylation sites (tertiary alicyclic amines) is 1. The first kappa shape index (κ1) is 16.9. The van der Waals surface area contributed by atoms with Gasteiger partial charge in [0.1, 0.15) is 5.92 Å². The van der Waals surface area contributed by atoms with E-state index in [9.17, 15) is 10.1 Å². The molecule has 134 valence electrons. The van der Waals surface area contributed by atoms with Gasteiger partial charge in [-0.3, -0.25) is 9.69 Å². The Bertz CT molecular complexity index is 893. The van der Waals surface area contributed by atoms with Crippen molar-refractivity contribution in [3.05, 3.63) is 48.2 Å². The minimum atomic E-state index is -0.704. The maximum absolute atomic E-state index is 11.5. The number of aromatic nitrogens is 1. The number of nitriles is 1. The van der Waals surface area contributed by atoms with Crippen LogP contribution in [0.1, 0.15) is 29.9 Å². The van der Waals surface area contributed by atoms with E-state index < -0.39 is 11.8 Å². The molecular weight excluding hydrogens is 324 g/mol. The Balaban J connectivity index is 1.69. The first-order chi connectivity index (χ1) is 12.6. The number of carbonyl (C=O) groups is 1. The van der Waals surface area contributed by atoms with Crippen LogP contribution in [0, 0.1) is 23.2 Å². The molecule has 26 heavy (non-hydrogen) atoms. The van der Waals surface area contributed by atoms with Crippen LogP contribution in [0.3, 0.4) is 0 Å². The molecule has 1 fully saturated rings.